The first-order valence-corrected chi connectivity index (χ1v) is 7.25. The lowest BCUT2D eigenvalue weighted by molar-refractivity contribution is 0.0525. The Hall–Kier alpha value is -1.56. The van der Waals surface area contributed by atoms with Crippen molar-refractivity contribution in [2.75, 3.05) is 13.1 Å². The summed E-state index contributed by atoms with van der Waals surface area (Å²) in [5, 5.41) is 9.93. The number of aromatic nitrogens is 2. The number of carbonyl (C=O) groups is 1. The van der Waals surface area contributed by atoms with E-state index in [0.29, 0.717) is 13.1 Å². The van der Waals surface area contributed by atoms with E-state index in [1.807, 2.05) is 20.8 Å². The molecule has 21 heavy (non-hydrogen) atoms. The topological polar surface area (TPSA) is 93.0 Å². The quantitative estimate of drug-likeness (QED) is 0.794. The van der Waals surface area contributed by atoms with Crippen molar-refractivity contribution in [2.45, 2.75) is 58.5 Å². The van der Waals surface area contributed by atoms with Crippen LogP contribution < -0.4 is 11.1 Å². The van der Waals surface area contributed by atoms with Gasteiger partial charge < -0.3 is 15.8 Å². The summed E-state index contributed by atoms with van der Waals surface area (Å²) in [6, 6.07) is 0. The average Bonchev–Trinajstić information content (AvgIpc) is 2.76. The molecule has 0 fully saturated rings. The summed E-state index contributed by atoms with van der Waals surface area (Å²) in [5.74, 6) is 0.00509. The highest BCUT2D eigenvalue weighted by Crippen LogP contribution is 2.28. The Bertz CT molecular complexity index is 469. The maximum Gasteiger partial charge on any atom is 0.407 e. The standard InChI is InChI=1S/C15H28N4O2/c1-14(2,3)12-11(9-18-19-12)10(7-16)8-17-13(20)21-15(4,5)6/h9-10H,7-8,16H2,1-6H3,(H,17,20)(H,18,19). The van der Waals surface area contributed by atoms with Gasteiger partial charge in [0.15, 0.2) is 0 Å². The molecule has 6 nitrogen and oxygen atoms in total. The Morgan fingerprint density at radius 3 is 2.48 bits per heavy atom. The molecule has 0 aliphatic carbocycles. The van der Waals surface area contributed by atoms with Crippen LogP contribution in [0.1, 0.15) is 58.7 Å². The van der Waals surface area contributed by atoms with Gasteiger partial charge in [-0.1, -0.05) is 20.8 Å². The summed E-state index contributed by atoms with van der Waals surface area (Å²) in [6.07, 6.45) is 1.36. The van der Waals surface area contributed by atoms with Crippen molar-refractivity contribution in [1.82, 2.24) is 15.5 Å². The summed E-state index contributed by atoms with van der Waals surface area (Å²) >= 11 is 0. The second kappa shape index (κ2) is 6.47. The Morgan fingerprint density at radius 2 is 2.00 bits per heavy atom. The van der Waals surface area contributed by atoms with E-state index in [1.165, 1.54) is 0 Å². The molecule has 0 saturated heterocycles. The molecule has 0 bridgehead atoms. The molecule has 0 aliphatic heterocycles. The van der Waals surface area contributed by atoms with Gasteiger partial charge in [-0.3, -0.25) is 5.10 Å². The minimum absolute atomic E-state index is 0.00509. The molecule has 1 atom stereocenters. The van der Waals surface area contributed by atoms with Crippen molar-refractivity contribution in [3.05, 3.63) is 17.5 Å². The van der Waals surface area contributed by atoms with Crippen LogP contribution in [0, 0.1) is 0 Å². The van der Waals surface area contributed by atoms with Gasteiger partial charge in [0.25, 0.3) is 0 Å². The lowest BCUT2D eigenvalue weighted by Gasteiger charge is -2.24. The molecular formula is C15H28N4O2. The fourth-order valence-electron chi connectivity index (χ4n) is 2.05. The number of H-pyrrole nitrogens is 1. The van der Waals surface area contributed by atoms with Crippen LogP contribution in [0.15, 0.2) is 6.20 Å². The first-order valence-electron chi connectivity index (χ1n) is 7.25. The molecule has 0 spiro atoms. The second-order valence-electron chi connectivity index (χ2n) is 7.27. The van der Waals surface area contributed by atoms with Crippen LogP contribution >= 0.6 is 0 Å². The van der Waals surface area contributed by atoms with Crippen LogP contribution in [-0.4, -0.2) is 35.0 Å². The van der Waals surface area contributed by atoms with E-state index in [9.17, 15) is 4.79 Å². The van der Waals surface area contributed by atoms with E-state index < -0.39 is 11.7 Å². The van der Waals surface area contributed by atoms with Crippen LogP contribution in [0.25, 0.3) is 0 Å². The van der Waals surface area contributed by atoms with Crippen LogP contribution in [0.4, 0.5) is 4.79 Å². The minimum Gasteiger partial charge on any atom is -0.444 e. The zero-order chi connectivity index (χ0) is 16.3. The Morgan fingerprint density at radius 1 is 1.38 bits per heavy atom. The van der Waals surface area contributed by atoms with Gasteiger partial charge in [-0.25, -0.2) is 4.79 Å². The number of amides is 1. The molecular weight excluding hydrogens is 268 g/mol. The summed E-state index contributed by atoms with van der Waals surface area (Å²) in [4.78, 5) is 11.7. The fraction of sp³-hybridized carbons (Fsp3) is 0.733. The van der Waals surface area contributed by atoms with Crippen LogP contribution in [0.3, 0.4) is 0 Å². The van der Waals surface area contributed by atoms with E-state index in [0.717, 1.165) is 11.3 Å². The number of ether oxygens (including phenoxy) is 1. The van der Waals surface area contributed by atoms with Crippen molar-refractivity contribution < 1.29 is 9.53 Å². The SMILES string of the molecule is CC(C)(C)OC(=O)NCC(CN)c1cn[nH]c1C(C)(C)C. The molecule has 120 valence electrons. The van der Waals surface area contributed by atoms with Crippen molar-refractivity contribution in [3.63, 3.8) is 0 Å². The number of aromatic amines is 1. The molecule has 4 N–H and O–H groups in total. The Kier molecular flexibility index (Phi) is 5.39. The van der Waals surface area contributed by atoms with Crippen molar-refractivity contribution >= 4 is 6.09 Å². The third-order valence-corrected chi connectivity index (χ3v) is 3.03. The smallest absolute Gasteiger partial charge is 0.407 e. The monoisotopic (exact) mass is 296 g/mol. The number of alkyl carbamates (subject to hydrolysis) is 1. The van der Waals surface area contributed by atoms with Gasteiger partial charge in [0.05, 0.1) is 6.20 Å². The third-order valence-electron chi connectivity index (χ3n) is 3.03. The molecule has 1 rings (SSSR count). The molecule has 1 aromatic rings. The molecule has 1 amide bonds. The highest BCUT2D eigenvalue weighted by atomic mass is 16.6. The van der Waals surface area contributed by atoms with E-state index in [1.54, 1.807) is 6.20 Å². The third kappa shape index (κ3) is 5.38. The maximum atomic E-state index is 11.7. The first kappa shape index (κ1) is 17.5. The lowest BCUT2D eigenvalue weighted by atomic mass is 9.85. The van der Waals surface area contributed by atoms with Crippen molar-refractivity contribution in [2.24, 2.45) is 5.73 Å². The number of rotatable bonds is 4. The average molecular weight is 296 g/mol. The second-order valence-corrected chi connectivity index (χ2v) is 7.27. The molecule has 6 heteroatoms. The van der Waals surface area contributed by atoms with Gasteiger partial charge in [0.2, 0.25) is 0 Å². The maximum absolute atomic E-state index is 11.7. The van der Waals surface area contributed by atoms with Gasteiger partial charge >= 0.3 is 6.09 Å². The van der Waals surface area contributed by atoms with Gasteiger partial charge in [0, 0.05) is 30.1 Å². The summed E-state index contributed by atoms with van der Waals surface area (Å²) < 4.78 is 5.23. The van der Waals surface area contributed by atoms with Gasteiger partial charge in [0.1, 0.15) is 5.60 Å². The molecule has 1 heterocycles. The van der Waals surface area contributed by atoms with Crippen LogP contribution in [-0.2, 0) is 10.2 Å². The van der Waals surface area contributed by atoms with E-state index in [-0.39, 0.29) is 11.3 Å². The van der Waals surface area contributed by atoms with Crippen LogP contribution in [0.2, 0.25) is 0 Å². The predicted molar refractivity (Wildman–Crippen MR) is 83.3 cm³/mol. The predicted octanol–water partition coefficient (Wildman–Crippen LogP) is 2.27. The molecule has 1 unspecified atom stereocenters. The van der Waals surface area contributed by atoms with Crippen LogP contribution in [0.5, 0.6) is 0 Å². The van der Waals surface area contributed by atoms with E-state index >= 15 is 0 Å². The molecule has 0 saturated carbocycles. The molecule has 1 aromatic heterocycles. The molecule has 0 aromatic carbocycles. The number of nitrogens with one attached hydrogen (secondary N) is 2. The lowest BCUT2D eigenvalue weighted by Crippen LogP contribution is -2.36. The Balaban J connectivity index is 2.73. The summed E-state index contributed by atoms with van der Waals surface area (Å²) in [5.41, 5.74) is 7.39. The van der Waals surface area contributed by atoms with Crippen molar-refractivity contribution in [1.29, 1.82) is 0 Å². The molecule has 0 aliphatic rings. The zero-order valence-corrected chi connectivity index (χ0v) is 13.9. The van der Waals surface area contributed by atoms with E-state index in [4.69, 9.17) is 10.5 Å². The highest BCUT2D eigenvalue weighted by molar-refractivity contribution is 5.67. The first-order chi connectivity index (χ1) is 9.54. The fourth-order valence-corrected chi connectivity index (χ4v) is 2.05. The number of hydrogen-bond donors (Lipinski definition) is 3. The summed E-state index contributed by atoms with van der Waals surface area (Å²) in [6.45, 7) is 12.7. The Labute approximate surface area is 126 Å². The largest absolute Gasteiger partial charge is 0.444 e. The normalized spacial score (nSPS) is 13.9. The number of carbonyl (C=O) groups excluding carboxylic acids is 1. The van der Waals surface area contributed by atoms with Gasteiger partial charge in [-0.05, 0) is 26.3 Å². The zero-order valence-electron chi connectivity index (χ0n) is 13.9. The number of hydrogen-bond acceptors (Lipinski definition) is 4. The molecule has 0 radical (unpaired) electrons. The summed E-state index contributed by atoms with van der Waals surface area (Å²) in [7, 11) is 0. The highest BCUT2D eigenvalue weighted by Gasteiger charge is 2.25. The number of nitrogens with two attached hydrogens (primary N) is 1. The van der Waals surface area contributed by atoms with Crippen molar-refractivity contribution in [3.8, 4) is 0 Å². The number of nitrogens with zero attached hydrogens (tertiary/aromatic N) is 1. The minimum atomic E-state index is -0.505. The van der Waals surface area contributed by atoms with E-state index in [2.05, 4.69) is 36.3 Å². The van der Waals surface area contributed by atoms with Gasteiger partial charge in [-0.2, -0.15) is 5.10 Å². The van der Waals surface area contributed by atoms with Gasteiger partial charge in [-0.15, -0.1) is 0 Å².